The maximum atomic E-state index is 5.73. The van der Waals surface area contributed by atoms with E-state index in [2.05, 4.69) is 20.5 Å². The second kappa shape index (κ2) is 6.72. The Balaban J connectivity index is 1.74. The van der Waals surface area contributed by atoms with Crippen molar-refractivity contribution >= 4 is 33.9 Å². The van der Waals surface area contributed by atoms with Crippen LogP contribution in [0.15, 0.2) is 41.8 Å². The molecule has 5 nitrogen and oxygen atoms in total. The fourth-order valence-corrected chi connectivity index (χ4v) is 2.80. The highest BCUT2D eigenvalue weighted by Crippen LogP contribution is 2.23. The topological polar surface area (TPSA) is 59.9 Å². The summed E-state index contributed by atoms with van der Waals surface area (Å²) >= 11 is 7.22. The van der Waals surface area contributed by atoms with E-state index < -0.39 is 0 Å². The molecule has 0 radical (unpaired) electrons. The third-order valence-corrected chi connectivity index (χ3v) is 4.05. The minimum Gasteiger partial charge on any atom is -0.497 e. The number of halogens is 1. The number of ether oxygens (including phenoxy) is 1. The van der Waals surface area contributed by atoms with Gasteiger partial charge in [0.05, 0.1) is 24.4 Å². The lowest BCUT2D eigenvalue weighted by Crippen LogP contribution is -1.96. The molecule has 2 heterocycles. The standard InChI is InChI=1S/C15H13ClN4OS/c1-21-12-4-2-10(3-5-12)13-6-7-14(20-19-13)18-15-17-11(8-16)9-22-15/h2-7,9H,8H2,1H3,(H,17,18,20). The zero-order valence-electron chi connectivity index (χ0n) is 11.8. The largest absolute Gasteiger partial charge is 0.497 e. The number of alkyl halides is 1. The molecule has 1 N–H and O–H groups in total. The fourth-order valence-electron chi connectivity index (χ4n) is 1.85. The quantitative estimate of drug-likeness (QED) is 0.713. The van der Waals surface area contributed by atoms with Crippen molar-refractivity contribution in [2.24, 2.45) is 0 Å². The molecule has 1 aromatic carbocycles. The highest BCUT2D eigenvalue weighted by molar-refractivity contribution is 7.13. The average Bonchev–Trinajstić information content (AvgIpc) is 3.03. The first-order valence-electron chi connectivity index (χ1n) is 6.54. The minimum absolute atomic E-state index is 0.403. The lowest BCUT2D eigenvalue weighted by Gasteiger charge is -2.04. The van der Waals surface area contributed by atoms with Crippen LogP contribution in [0.25, 0.3) is 11.3 Å². The Kier molecular flexibility index (Phi) is 4.50. The van der Waals surface area contributed by atoms with Crippen LogP contribution in [0, 0.1) is 0 Å². The van der Waals surface area contributed by atoms with Gasteiger partial charge in [0, 0.05) is 10.9 Å². The molecule has 0 fully saturated rings. The highest BCUT2D eigenvalue weighted by Gasteiger charge is 2.05. The molecular weight excluding hydrogens is 320 g/mol. The first-order valence-corrected chi connectivity index (χ1v) is 7.95. The number of benzene rings is 1. The van der Waals surface area contributed by atoms with Crippen LogP contribution >= 0.6 is 22.9 Å². The molecule has 0 unspecified atom stereocenters. The van der Waals surface area contributed by atoms with Crippen LogP contribution in [0.4, 0.5) is 10.9 Å². The van der Waals surface area contributed by atoms with E-state index in [1.165, 1.54) is 11.3 Å². The summed E-state index contributed by atoms with van der Waals surface area (Å²) < 4.78 is 5.14. The Morgan fingerprint density at radius 1 is 1.14 bits per heavy atom. The second-order valence-corrected chi connectivity index (χ2v) is 5.56. The zero-order chi connectivity index (χ0) is 15.4. The number of rotatable bonds is 5. The van der Waals surface area contributed by atoms with E-state index >= 15 is 0 Å². The normalized spacial score (nSPS) is 10.5. The van der Waals surface area contributed by atoms with Crippen LogP contribution in [0.2, 0.25) is 0 Å². The molecule has 0 amide bonds. The lowest BCUT2D eigenvalue weighted by atomic mass is 10.1. The van der Waals surface area contributed by atoms with Crippen molar-refractivity contribution in [2.75, 3.05) is 12.4 Å². The molecule has 0 atom stereocenters. The molecule has 0 aliphatic carbocycles. The van der Waals surface area contributed by atoms with Gasteiger partial charge in [-0.25, -0.2) is 4.98 Å². The first-order chi connectivity index (χ1) is 10.8. The summed E-state index contributed by atoms with van der Waals surface area (Å²) in [4.78, 5) is 4.32. The number of methoxy groups -OCH3 is 1. The molecule has 0 bridgehead atoms. The summed E-state index contributed by atoms with van der Waals surface area (Å²) in [6, 6.07) is 11.5. The summed E-state index contributed by atoms with van der Waals surface area (Å²) in [5, 5.41) is 14.2. The van der Waals surface area contributed by atoms with Gasteiger partial charge in [-0.3, -0.25) is 0 Å². The summed E-state index contributed by atoms with van der Waals surface area (Å²) in [5.74, 6) is 1.86. The van der Waals surface area contributed by atoms with Gasteiger partial charge in [0.15, 0.2) is 10.9 Å². The van der Waals surface area contributed by atoms with Crippen molar-refractivity contribution < 1.29 is 4.74 Å². The maximum absolute atomic E-state index is 5.73. The predicted octanol–water partition coefficient (Wildman–Crippen LogP) is 4.09. The number of nitrogens with one attached hydrogen (secondary N) is 1. The van der Waals surface area contributed by atoms with Crippen LogP contribution in [-0.4, -0.2) is 22.3 Å². The van der Waals surface area contributed by atoms with Crippen molar-refractivity contribution in [3.05, 3.63) is 47.5 Å². The number of hydrogen-bond donors (Lipinski definition) is 1. The molecule has 3 rings (SSSR count). The van der Waals surface area contributed by atoms with Gasteiger partial charge in [-0.2, -0.15) is 0 Å². The Morgan fingerprint density at radius 2 is 1.95 bits per heavy atom. The summed E-state index contributed by atoms with van der Waals surface area (Å²) in [6.45, 7) is 0. The van der Waals surface area contributed by atoms with Gasteiger partial charge < -0.3 is 10.1 Å². The van der Waals surface area contributed by atoms with Gasteiger partial charge in [-0.05, 0) is 36.4 Å². The van der Waals surface area contributed by atoms with Gasteiger partial charge >= 0.3 is 0 Å². The predicted molar refractivity (Wildman–Crippen MR) is 89.0 cm³/mol. The van der Waals surface area contributed by atoms with Crippen LogP contribution in [-0.2, 0) is 5.88 Å². The SMILES string of the molecule is COc1ccc(-c2ccc(Nc3nc(CCl)cs3)nn2)cc1. The molecule has 0 saturated carbocycles. The molecule has 2 aromatic heterocycles. The van der Waals surface area contributed by atoms with E-state index in [0.29, 0.717) is 11.7 Å². The third kappa shape index (κ3) is 3.35. The van der Waals surface area contributed by atoms with Crippen LogP contribution in [0.3, 0.4) is 0 Å². The van der Waals surface area contributed by atoms with Crippen molar-refractivity contribution in [1.29, 1.82) is 0 Å². The molecule has 0 aliphatic rings. The first kappa shape index (κ1) is 14.7. The van der Waals surface area contributed by atoms with Crippen molar-refractivity contribution in [3.63, 3.8) is 0 Å². The molecule has 3 aromatic rings. The van der Waals surface area contributed by atoms with Gasteiger partial charge in [0.1, 0.15) is 5.75 Å². The van der Waals surface area contributed by atoms with E-state index in [0.717, 1.165) is 27.8 Å². The zero-order valence-corrected chi connectivity index (χ0v) is 13.4. The number of thiazole rings is 1. The van der Waals surface area contributed by atoms with E-state index in [9.17, 15) is 0 Å². The average molecular weight is 333 g/mol. The van der Waals surface area contributed by atoms with Crippen LogP contribution < -0.4 is 10.1 Å². The van der Waals surface area contributed by atoms with E-state index in [1.54, 1.807) is 7.11 Å². The number of aromatic nitrogens is 3. The number of anilines is 2. The molecule has 0 aliphatic heterocycles. The number of hydrogen-bond acceptors (Lipinski definition) is 6. The summed E-state index contributed by atoms with van der Waals surface area (Å²) in [6.07, 6.45) is 0. The molecule has 22 heavy (non-hydrogen) atoms. The summed E-state index contributed by atoms with van der Waals surface area (Å²) in [5.41, 5.74) is 2.63. The Labute approximate surface area is 137 Å². The van der Waals surface area contributed by atoms with Crippen molar-refractivity contribution in [3.8, 4) is 17.0 Å². The van der Waals surface area contributed by atoms with E-state index in [-0.39, 0.29) is 0 Å². The second-order valence-electron chi connectivity index (χ2n) is 4.43. The molecular formula is C15H13ClN4OS. The molecule has 7 heteroatoms. The minimum atomic E-state index is 0.403. The Hall–Kier alpha value is -2.18. The summed E-state index contributed by atoms with van der Waals surface area (Å²) in [7, 11) is 1.64. The Bertz CT molecular complexity index is 743. The smallest absolute Gasteiger partial charge is 0.188 e. The van der Waals surface area contributed by atoms with Crippen LogP contribution in [0.1, 0.15) is 5.69 Å². The van der Waals surface area contributed by atoms with E-state index in [1.807, 2.05) is 41.8 Å². The monoisotopic (exact) mass is 332 g/mol. The lowest BCUT2D eigenvalue weighted by molar-refractivity contribution is 0.415. The van der Waals surface area contributed by atoms with Crippen molar-refractivity contribution in [1.82, 2.24) is 15.2 Å². The number of nitrogens with zero attached hydrogens (tertiary/aromatic N) is 3. The molecule has 0 spiro atoms. The van der Waals surface area contributed by atoms with Gasteiger partial charge in [0.2, 0.25) is 0 Å². The van der Waals surface area contributed by atoms with Gasteiger partial charge in [-0.15, -0.1) is 33.1 Å². The van der Waals surface area contributed by atoms with Crippen molar-refractivity contribution in [2.45, 2.75) is 5.88 Å². The highest BCUT2D eigenvalue weighted by atomic mass is 35.5. The maximum Gasteiger partial charge on any atom is 0.188 e. The fraction of sp³-hybridized carbons (Fsp3) is 0.133. The molecule has 0 saturated heterocycles. The van der Waals surface area contributed by atoms with Gasteiger partial charge in [-0.1, -0.05) is 0 Å². The van der Waals surface area contributed by atoms with E-state index in [4.69, 9.17) is 16.3 Å². The van der Waals surface area contributed by atoms with Gasteiger partial charge in [0.25, 0.3) is 0 Å². The van der Waals surface area contributed by atoms with Crippen LogP contribution in [0.5, 0.6) is 5.75 Å². The third-order valence-electron chi connectivity index (χ3n) is 2.97. The Morgan fingerprint density at radius 3 is 2.55 bits per heavy atom. The molecule has 112 valence electrons.